The van der Waals surface area contributed by atoms with E-state index in [-0.39, 0.29) is 26.7 Å². The van der Waals surface area contributed by atoms with Crippen molar-refractivity contribution in [3.05, 3.63) is 78.4 Å². The molecule has 0 bridgehead atoms. The first-order valence-corrected chi connectivity index (χ1v) is 11.5. The molecule has 0 aliphatic carbocycles. The molecule has 0 radical (unpaired) electrons. The summed E-state index contributed by atoms with van der Waals surface area (Å²) >= 11 is 0. The molecule has 10 heteroatoms. The Labute approximate surface area is 174 Å². The molecular weight excluding hydrogens is 426 g/mol. The maximum Gasteiger partial charge on any atom is 0.262 e. The van der Waals surface area contributed by atoms with Crippen LogP contribution in [0.2, 0.25) is 0 Å². The average molecular weight is 444 g/mol. The van der Waals surface area contributed by atoms with E-state index in [4.69, 9.17) is 10.00 Å². The first kappa shape index (κ1) is 21.2. The molecule has 3 aromatic carbocycles. The first-order valence-electron chi connectivity index (χ1n) is 8.54. The van der Waals surface area contributed by atoms with Crippen molar-refractivity contribution in [1.29, 1.82) is 5.26 Å². The van der Waals surface area contributed by atoms with Gasteiger partial charge in [-0.05, 0) is 48.5 Å². The van der Waals surface area contributed by atoms with E-state index in [1.807, 2.05) is 6.07 Å². The lowest BCUT2D eigenvalue weighted by Crippen LogP contribution is -2.16. The van der Waals surface area contributed by atoms with Gasteiger partial charge >= 0.3 is 0 Å². The molecule has 3 rings (SSSR count). The molecule has 8 nitrogen and oxygen atoms in total. The Morgan fingerprint density at radius 1 is 0.800 bits per heavy atom. The molecule has 0 heterocycles. The lowest BCUT2D eigenvalue weighted by Gasteiger charge is -2.13. The van der Waals surface area contributed by atoms with Crippen LogP contribution in [0.15, 0.2) is 82.6 Å². The monoisotopic (exact) mass is 443 g/mol. The summed E-state index contributed by atoms with van der Waals surface area (Å²) in [6, 6.07) is 19.3. The second kappa shape index (κ2) is 8.44. The minimum Gasteiger partial charge on any atom is -0.495 e. The van der Waals surface area contributed by atoms with E-state index in [0.29, 0.717) is 5.75 Å². The van der Waals surface area contributed by atoms with Gasteiger partial charge in [-0.1, -0.05) is 24.3 Å². The van der Waals surface area contributed by atoms with E-state index in [0.717, 1.165) is 0 Å². The van der Waals surface area contributed by atoms with Crippen molar-refractivity contribution in [2.75, 3.05) is 16.6 Å². The van der Waals surface area contributed by atoms with E-state index in [9.17, 15) is 16.8 Å². The molecule has 0 spiro atoms. The molecule has 154 valence electrons. The molecule has 0 unspecified atom stereocenters. The highest BCUT2D eigenvalue weighted by atomic mass is 32.2. The normalized spacial score (nSPS) is 11.3. The Hall–Kier alpha value is -3.55. The van der Waals surface area contributed by atoms with Gasteiger partial charge in [0.15, 0.2) is 0 Å². The largest absolute Gasteiger partial charge is 0.495 e. The van der Waals surface area contributed by atoms with Gasteiger partial charge in [-0.2, -0.15) is 5.26 Å². The second-order valence-electron chi connectivity index (χ2n) is 6.08. The number of nitrogens with one attached hydrogen (secondary N) is 2. The van der Waals surface area contributed by atoms with Crippen LogP contribution >= 0.6 is 0 Å². The number of nitriles is 1. The quantitative estimate of drug-likeness (QED) is 0.578. The third-order valence-corrected chi connectivity index (χ3v) is 6.76. The molecular formula is C20H17N3O5S2. The SMILES string of the molecule is COc1ccccc1NS(=O)(=O)c1cccc(NS(=O)(=O)c2cccc(C#N)c2)c1. The lowest BCUT2D eigenvalue weighted by atomic mass is 10.2. The highest BCUT2D eigenvalue weighted by molar-refractivity contribution is 7.93. The number of para-hydroxylation sites is 2. The molecule has 0 saturated carbocycles. The van der Waals surface area contributed by atoms with Crippen molar-refractivity contribution < 1.29 is 21.6 Å². The van der Waals surface area contributed by atoms with Gasteiger partial charge in [0.1, 0.15) is 5.75 Å². The van der Waals surface area contributed by atoms with Gasteiger partial charge in [-0.15, -0.1) is 0 Å². The smallest absolute Gasteiger partial charge is 0.262 e. The zero-order valence-electron chi connectivity index (χ0n) is 15.7. The van der Waals surface area contributed by atoms with E-state index in [2.05, 4.69) is 9.44 Å². The number of nitrogens with zero attached hydrogens (tertiary/aromatic N) is 1. The predicted molar refractivity (Wildman–Crippen MR) is 112 cm³/mol. The van der Waals surface area contributed by atoms with Gasteiger partial charge < -0.3 is 4.74 Å². The van der Waals surface area contributed by atoms with Gasteiger partial charge in [-0.3, -0.25) is 9.44 Å². The summed E-state index contributed by atoms with van der Waals surface area (Å²) < 4.78 is 60.6. The third-order valence-electron chi connectivity index (χ3n) is 4.02. The number of benzene rings is 3. The fourth-order valence-electron chi connectivity index (χ4n) is 2.61. The van der Waals surface area contributed by atoms with Crippen molar-refractivity contribution >= 4 is 31.4 Å². The summed E-state index contributed by atoms with van der Waals surface area (Å²) in [7, 11) is -6.60. The number of anilines is 2. The average Bonchev–Trinajstić information content (AvgIpc) is 2.74. The predicted octanol–water partition coefficient (Wildman–Crippen LogP) is 3.17. The Balaban J connectivity index is 1.89. The van der Waals surface area contributed by atoms with E-state index in [1.165, 1.54) is 55.6 Å². The molecule has 30 heavy (non-hydrogen) atoms. The number of ether oxygens (including phenoxy) is 1. The van der Waals surface area contributed by atoms with Crippen LogP contribution in [0, 0.1) is 11.3 Å². The molecule has 3 aromatic rings. The molecule has 0 amide bonds. The number of methoxy groups -OCH3 is 1. The first-order chi connectivity index (χ1) is 14.2. The Bertz CT molecular complexity index is 1330. The third kappa shape index (κ3) is 4.71. The van der Waals surface area contributed by atoms with Gasteiger partial charge in [-0.25, -0.2) is 16.8 Å². The summed E-state index contributed by atoms with van der Waals surface area (Å²) in [6.07, 6.45) is 0. The highest BCUT2D eigenvalue weighted by Gasteiger charge is 2.19. The van der Waals surface area contributed by atoms with Crippen LogP contribution in [0.3, 0.4) is 0 Å². The zero-order chi connectivity index (χ0) is 21.8. The van der Waals surface area contributed by atoms with Crippen LogP contribution in [0.5, 0.6) is 5.75 Å². The standard InChI is InChI=1S/C20H17N3O5S2/c1-28-20-11-3-2-10-19(20)23-30(26,27)18-9-5-7-16(13-18)22-29(24,25)17-8-4-6-15(12-17)14-21/h2-13,22-23H,1H3. The van der Waals surface area contributed by atoms with Crippen molar-refractivity contribution in [3.63, 3.8) is 0 Å². The topological polar surface area (TPSA) is 125 Å². The fourth-order valence-corrected chi connectivity index (χ4v) is 4.82. The number of rotatable bonds is 7. The second-order valence-corrected chi connectivity index (χ2v) is 9.44. The van der Waals surface area contributed by atoms with Crippen molar-refractivity contribution in [2.24, 2.45) is 0 Å². The molecule has 0 aliphatic heterocycles. The highest BCUT2D eigenvalue weighted by Crippen LogP contribution is 2.27. The van der Waals surface area contributed by atoms with Crippen LogP contribution in [-0.4, -0.2) is 23.9 Å². The minimum atomic E-state index is -4.01. The number of hydrogen-bond acceptors (Lipinski definition) is 6. The van der Waals surface area contributed by atoms with E-state index >= 15 is 0 Å². The number of hydrogen-bond donors (Lipinski definition) is 2. The fraction of sp³-hybridized carbons (Fsp3) is 0.0500. The van der Waals surface area contributed by atoms with E-state index in [1.54, 1.807) is 24.3 Å². The molecule has 0 aliphatic rings. The maximum absolute atomic E-state index is 12.8. The zero-order valence-corrected chi connectivity index (χ0v) is 17.4. The number of sulfonamides is 2. The summed E-state index contributed by atoms with van der Waals surface area (Å²) in [4.78, 5) is -0.249. The van der Waals surface area contributed by atoms with Crippen molar-refractivity contribution in [3.8, 4) is 11.8 Å². The summed E-state index contributed by atoms with van der Waals surface area (Å²) in [6.45, 7) is 0. The summed E-state index contributed by atoms with van der Waals surface area (Å²) in [5, 5.41) is 8.95. The molecule has 0 aromatic heterocycles. The molecule has 0 atom stereocenters. The van der Waals surface area contributed by atoms with Crippen LogP contribution in [0.25, 0.3) is 0 Å². The summed E-state index contributed by atoms with van der Waals surface area (Å²) in [5.74, 6) is 0.343. The van der Waals surface area contributed by atoms with Crippen LogP contribution in [0.4, 0.5) is 11.4 Å². The van der Waals surface area contributed by atoms with E-state index < -0.39 is 20.0 Å². The molecule has 2 N–H and O–H groups in total. The maximum atomic E-state index is 12.8. The van der Waals surface area contributed by atoms with Crippen LogP contribution < -0.4 is 14.2 Å². The molecule has 0 fully saturated rings. The van der Waals surface area contributed by atoms with Gasteiger partial charge in [0.05, 0.1) is 39.9 Å². The van der Waals surface area contributed by atoms with Gasteiger partial charge in [0.25, 0.3) is 20.0 Å². The van der Waals surface area contributed by atoms with Crippen LogP contribution in [0.1, 0.15) is 5.56 Å². The molecule has 0 saturated heterocycles. The summed E-state index contributed by atoms with van der Waals surface area (Å²) in [5.41, 5.74) is 0.495. The minimum absolute atomic E-state index is 0.0558. The van der Waals surface area contributed by atoms with Crippen LogP contribution in [-0.2, 0) is 20.0 Å². The lowest BCUT2D eigenvalue weighted by molar-refractivity contribution is 0.417. The Morgan fingerprint density at radius 3 is 2.13 bits per heavy atom. The van der Waals surface area contributed by atoms with Gasteiger partial charge in [0.2, 0.25) is 0 Å². The van der Waals surface area contributed by atoms with Gasteiger partial charge in [0, 0.05) is 0 Å². The van der Waals surface area contributed by atoms with Crippen molar-refractivity contribution in [2.45, 2.75) is 9.79 Å². The van der Waals surface area contributed by atoms with Crippen molar-refractivity contribution in [1.82, 2.24) is 0 Å². The Morgan fingerprint density at radius 2 is 1.43 bits per heavy atom. The Kier molecular flexibility index (Phi) is 5.96.